The third kappa shape index (κ3) is 5.50. The normalized spacial score (nSPS) is 11.4. The maximum absolute atomic E-state index is 13.5. The second kappa shape index (κ2) is 9.76. The Morgan fingerprint density at radius 1 is 0.969 bits per heavy atom. The quantitative estimate of drug-likeness (QED) is 0.466. The Kier molecular flexibility index (Phi) is 7.26. The van der Waals surface area contributed by atoms with Gasteiger partial charge in [0.15, 0.2) is 0 Å². The Labute approximate surface area is 195 Å². The zero-order valence-corrected chi connectivity index (χ0v) is 20.2. The summed E-state index contributed by atoms with van der Waals surface area (Å²) in [5, 5.41) is 3.22. The van der Waals surface area contributed by atoms with E-state index >= 15 is 0 Å². The summed E-state index contributed by atoms with van der Waals surface area (Å²) in [5.41, 5.74) is 3.84. The summed E-state index contributed by atoms with van der Waals surface area (Å²) in [6.07, 6.45) is 0. The first kappa shape index (κ1) is 23.8. The van der Waals surface area contributed by atoms with Gasteiger partial charge < -0.3 is 5.32 Å². The van der Waals surface area contributed by atoms with Crippen molar-refractivity contribution in [2.75, 3.05) is 16.2 Å². The van der Waals surface area contributed by atoms with Crippen LogP contribution in [0.15, 0.2) is 71.6 Å². The molecular formula is C25H27ClN2O3S. The second-order valence-electron chi connectivity index (χ2n) is 8.08. The van der Waals surface area contributed by atoms with Crippen LogP contribution in [0.25, 0.3) is 0 Å². The molecule has 0 unspecified atom stereocenters. The number of nitrogens with one attached hydrogen (secondary N) is 1. The maximum Gasteiger partial charge on any atom is 0.264 e. The van der Waals surface area contributed by atoms with Crippen LogP contribution >= 0.6 is 11.6 Å². The van der Waals surface area contributed by atoms with Crippen LogP contribution in [-0.2, 0) is 14.8 Å². The van der Waals surface area contributed by atoms with E-state index in [1.54, 1.807) is 30.3 Å². The first-order valence-electron chi connectivity index (χ1n) is 10.3. The first-order valence-corrected chi connectivity index (χ1v) is 12.1. The van der Waals surface area contributed by atoms with Gasteiger partial charge in [-0.2, -0.15) is 0 Å². The Morgan fingerprint density at radius 2 is 1.59 bits per heavy atom. The summed E-state index contributed by atoms with van der Waals surface area (Å²) in [7, 11) is -3.99. The lowest BCUT2D eigenvalue weighted by Crippen LogP contribution is -2.38. The number of carbonyl (C=O) groups is 1. The van der Waals surface area contributed by atoms with E-state index in [4.69, 9.17) is 11.6 Å². The van der Waals surface area contributed by atoms with Crippen LogP contribution in [0.3, 0.4) is 0 Å². The number of nitrogens with zero attached hydrogens (tertiary/aromatic N) is 1. The average Bonchev–Trinajstić information content (AvgIpc) is 2.74. The van der Waals surface area contributed by atoms with Crippen molar-refractivity contribution in [1.82, 2.24) is 0 Å². The SMILES string of the molecule is Cc1ccc(S(=O)(=O)N(CC(=O)Nc2ccc(C(C)C)cc2)c2ccc(C)c(Cl)c2)cc1. The molecule has 0 atom stereocenters. The summed E-state index contributed by atoms with van der Waals surface area (Å²) in [5.74, 6) is -0.0733. The number of amides is 1. The Balaban J connectivity index is 1.92. The Hall–Kier alpha value is -2.83. The molecule has 0 saturated heterocycles. The van der Waals surface area contributed by atoms with Crippen molar-refractivity contribution >= 4 is 38.9 Å². The van der Waals surface area contributed by atoms with E-state index in [1.165, 1.54) is 12.1 Å². The maximum atomic E-state index is 13.5. The van der Waals surface area contributed by atoms with Gasteiger partial charge in [0.2, 0.25) is 5.91 Å². The van der Waals surface area contributed by atoms with Crippen LogP contribution in [0, 0.1) is 13.8 Å². The van der Waals surface area contributed by atoms with Crippen LogP contribution in [0.5, 0.6) is 0 Å². The van der Waals surface area contributed by atoms with Crippen molar-refractivity contribution in [3.63, 3.8) is 0 Å². The lowest BCUT2D eigenvalue weighted by molar-refractivity contribution is -0.114. The molecule has 0 aliphatic carbocycles. The van der Waals surface area contributed by atoms with Gasteiger partial charge in [-0.3, -0.25) is 9.10 Å². The summed E-state index contributed by atoms with van der Waals surface area (Å²) >= 11 is 6.26. The molecule has 7 heteroatoms. The fourth-order valence-corrected chi connectivity index (χ4v) is 4.76. The molecule has 0 aromatic heterocycles. The van der Waals surface area contributed by atoms with Gasteiger partial charge >= 0.3 is 0 Å². The van der Waals surface area contributed by atoms with Gasteiger partial charge in [-0.05, 0) is 67.3 Å². The van der Waals surface area contributed by atoms with Crippen molar-refractivity contribution in [3.8, 4) is 0 Å². The highest BCUT2D eigenvalue weighted by Crippen LogP contribution is 2.28. The summed E-state index contributed by atoms with van der Waals surface area (Å²) in [6, 6.07) is 19.0. The third-order valence-electron chi connectivity index (χ3n) is 5.20. The van der Waals surface area contributed by atoms with Crippen molar-refractivity contribution in [1.29, 1.82) is 0 Å². The van der Waals surface area contributed by atoms with Crippen molar-refractivity contribution < 1.29 is 13.2 Å². The molecule has 0 saturated carbocycles. The third-order valence-corrected chi connectivity index (χ3v) is 7.40. The molecule has 0 aliphatic rings. The van der Waals surface area contributed by atoms with Crippen molar-refractivity contribution in [2.24, 2.45) is 0 Å². The molecule has 1 N–H and O–H groups in total. The van der Waals surface area contributed by atoms with E-state index < -0.39 is 15.9 Å². The minimum atomic E-state index is -3.99. The molecule has 3 aromatic carbocycles. The van der Waals surface area contributed by atoms with Crippen LogP contribution < -0.4 is 9.62 Å². The number of hydrogen-bond donors (Lipinski definition) is 1. The minimum absolute atomic E-state index is 0.105. The van der Waals surface area contributed by atoms with Crippen molar-refractivity contribution in [2.45, 2.75) is 38.5 Å². The molecule has 32 heavy (non-hydrogen) atoms. The molecule has 3 aromatic rings. The first-order chi connectivity index (χ1) is 15.1. The van der Waals surface area contributed by atoms with Crippen LogP contribution in [0.4, 0.5) is 11.4 Å². The smallest absolute Gasteiger partial charge is 0.264 e. The minimum Gasteiger partial charge on any atom is -0.325 e. The zero-order chi connectivity index (χ0) is 23.5. The van der Waals surface area contributed by atoms with E-state index in [-0.39, 0.29) is 11.4 Å². The van der Waals surface area contributed by atoms with E-state index in [1.807, 2.05) is 38.1 Å². The Bertz CT molecular complexity index is 1200. The molecular weight excluding hydrogens is 444 g/mol. The van der Waals surface area contributed by atoms with Gasteiger partial charge in [0.05, 0.1) is 10.6 Å². The predicted octanol–water partition coefficient (Wildman–Crippen LogP) is 5.91. The predicted molar refractivity (Wildman–Crippen MR) is 131 cm³/mol. The number of aryl methyl sites for hydroxylation is 2. The fourth-order valence-electron chi connectivity index (χ4n) is 3.17. The molecule has 0 radical (unpaired) electrons. The van der Waals surface area contributed by atoms with Crippen molar-refractivity contribution in [3.05, 3.63) is 88.4 Å². The molecule has 0 fully saturated rings. The van der Waals surface area contributed by atoms with E-state index in [2.05, 4.69) is 19.2 Å². The molecule has 0 aliphatic heterocycles. The van der Waals surface area contributed by atoms with E-state index in [0.717, 1.165) is 21.0 Å². The average molecular weight is 471 g/mol. The van der Waals surface area contributed by atoms with E-state index in [0.29, 0.717) is 22.3 Å². The highest BCUT2D eigenvalue weighted by molar-refractivity contribution is 7.92. The number of benzene rings is 3. The zero-order valence-electron chi connectivity index (χ0n) is 18.6. The molecule has 5 nitrogen and oxygen atoms in total. The molecule has 0 bridgehead atoms. The molecule has 0 spiro atoms. The van der Waals surface area contributed by atoms with E-state index in [9.17, 15) is 13.2 Å². The van der Waals surface area contributed by atoms with Crippen LogP contribution in [0.1, 0.15) is 36.5 Å². The van der Waals surface area contributed by atoms with Crippen LogP contribution in [-0.4, -0.2) is 20.9 Å². The van der Waals surface area contributed by atoms with Gasteiger partial charge in [0.25, 0.3) is 10.0 Å². The number of carbonyl (C=O) groups excluding carboxylic acids is 1. The number of halogens is 1. The molecule has 0 heterocycles. The van der Waals surface area contributed by atoms with Gasteiger partial charge in [-0.25, -0.2) is 8.42 Å². The largest absolute Gasteiger partial charge is 0.325 e. The lowest BCUT2D eigenvalue weighted by Gasteiger charge is -2.24. The van der Waals surface area contributed by atoms with Gasteiger partial charge in [-0.1, -0.05) is 61.3 Å². The number of hydrogen-bond acceptors (Lipinski definition) is 3. The molecule has 3 rings (SSSR count). The molecule has 1 amide bonds. The monoisotopic (exact) mass is 470 g/mol. The Morgan fingerprint density at radius 3 is 2.16 bits per heavy atom. The molecule has 168 valence electrons. The van der Waals surface area contributed by atoms with Gasteiger partial charge in [0, 0.05) is 10.7 Å². The summed E-state index contributed by atoms with van der Waals surface area (Å²) in [4.78, 5) is 13.0. The number of sulfonamides is 1. The number of anilines is 2. The summed E-state index contributed by atoms with van der Waals surface area (Å²) < 4.78 is 28.0. The topological polar surface area (TPSA) is 66.5 Å². The lowest BCUT2D eigenvalue weighted by atomic mass is 10.0. The van der Waals surface area contributed by atoms with Gasteiger partial charge in [0.1, 0.15) is 6.54 Å². The summed E-state index contributed by atoms with van der Waals surface area (Å²) in [6.45, 7) is 7.51. The van der Waals surface area contributed by atoms with Crippen LogP contribution in [0.2, 0.25) is 5.02 Å². The van der Waals surface area contributed by atoms with Gasteiger partial charge in [-0.15, -0.1) is 0 Å². The highest BCUT2D eigenvalue weighted by atomic mass is 35.5. The fraction of sp³-hybridized carbons (Fsp3) is 0.240. The highest BCUT2D eigenvalue weighted by Gasteiger charge is 2.27. The number of rotatable bonds is 7. The standard InChI is InChI=1S/C25H27ClN2O3S/c1-17(2)20-8-10-21(11-9-20)27-25(29)16-28(22-12-7-19(4)24(26)15-22)32(30,31)23-13-5-18(3)6-14-23/h5-15,17H,16H2,1-4H3,(H,27,29). The second-order valence-corrected chi connectivity index (χ2v) is 10.4.